The Bertz CT molecular complexity index is 2030. The number of benzene rings is 4. The number of carbonyl (C=O) groups excluding carboxylic acids is 4. The number of unbranched alkanes of at least 4 members (excludes halogenated alkanes) is 1. The summed E-state index contributed by atoms with van der Waals surface area (Å²) in [7, 11) is 1.55. The number of hydrogen-bond acceptors (Lipinski definition) is 9. The topological polar surface area (TPSA) is 180 Å². The lowest BCUT2D eigenvalue weighted by molar-refractivity contribution is -0.142. The lowest BCUT2D eigenvalue weighted by atomic mass is 9.89. The van der Waals surface area contributed by atoms with Crippen LogP contribution in [0.25, 0.3) is 22.3 Å². The molecular weight excluding hydrogens is 731 g/mol. The molecule has 4 aromatic rings. The smallest absolute Gasteiger partial charge is 0.228 e. The molecule has 0 aromatic heterocycles. The Morgan fingerprint density at radius 2 is 1.41 bits per heavy atom. The van der Waals surface area contributed by atoms with Gasteiger partial charge in [-0.15, -0.1) is 0 Å². The summed E-state index contributed by atoms with van der Waals surface area (Å²) in [5, 5.41) is 3.05. The Balaban J connectivity index is 1.47. The van der Waals surface area contributed by atoms with Crippen molar-refractivity contribution in [1.29, 1.82) is 0 Å². The summed E-state index contributed by atoms with van der Waals surface area (Å²) >= 11 is 0. The maximum Gasteiger partial charge on any atom is 0.228 e. The molecule has 0 saturated carbocycles. The molecule has 5 rings (SSSR count). The average molecular weight is 790 g/mol. The molecule has 7 N–H and O–H groups in total. The Hall–Kier alpha value is -5.36. The highest BCUT2D eigenvalue weighted by atomic mass is 16.5. The lowest BCUT2D eigenvalue weighted by Crippen LogP contribution is -2.43. The molecule has 1 aliphatic heterocycles. The summed E-state index contributed by atoms with van der Waals surface area (Å²) < 4.78 is 12.2. The molecule has 11 heteroatoms. The van der Waals surface area contributed by atoms with Crippen molar-refractivity contribution in [2.45, 2.75) is 71.4 Å². The number of nitrogens with one attached hydrogen (secondary N) is 1. The number of Topliss-reactive ketones (excluding diaryl/α,β-unsaturated/α-hetero) is 2. The molecule has 1 aliphatic rings. The van der Waals surface area contributed by atoms with Crippen molar-refractivity contribution in [3.05, 3.63) is 107 Å². The number of amides is 2. The Morgan fingerprint density at radius 1 is 0.810 bits per heavy atom. The molecule has 0 aliphatic carbocycles. The number of nitrogens with two attached hydrogens (primary N) is 3. The molecule has 4 aromatic carbocycles. The maximum atomic E-state index is 14.4. The van der Waals surface area contributed by atoms with Crippen LogP contribution in [0.3, 0.4) is 0 Å². The Morgan fingerprint density at radius 3 is 2.02 bits per heavy atom. The Labute approximate surface area is 342 Å². The quantitative estimate of drug-likeness (QED) is 0.0985. The van der Waals surface area contributed by atoms with Crippen molar-refractivity contribution in [1.82, 2.24) is 10.2 Å². The molecule has 4 atom stereocenters. The second kappa shape index (κ2) is 20.9. The molecule has 308 valence electrons. The van der Waals surface area contributed by atoms with Crippen LogP contribution in [-0.4, -0.2) is 74.2 Å². The van der Waals surface area contributed by atoms with Crippen LogP contribution in [0.15, 0.2) is 84.9 Å². The number of carbonyl (C=O) groups is 4. The first-order chi connectivity index (χ1) is 28.0. The van der Waals surface area contributed by atoms with Crippen molar-refractivity contribution in [3.8, 4) is 33.8 Å². The van der Waals surface area contributed by atoms with Gasteiger partial charge in [-0.3, -0.25) is 19.2 Å². The normalized spacial score (nSPS) is 17.5. The predicted molar refractivity (Wildman–Crippen MR) is 229 cm³/mol. The van der Waals surface area contributed by atoms with Crippen LogP contribution in [0, 0.1) is 11.8 Å². The van der Waals surface area contributed by atoms with Gasteiger partial charge < -0.3 is 36.9 Å². The summed E-state index contributed by atoms with van der Waals surface area (Å²) in [6, 6.07) is 25.6. The number of likely N-dealkylation sites (N-methyl/N-ethyl adjacent to an activating group) is 1. The summed E-state index contributed by atoms with van der Waals surface area (Å²) in [4.78, 5) is 57.2. The van der Waals surface area contributed by atoms with E-state index in [1.807, 2.05) is 43.3 Å². The van der Waals surface area contributed by atoms with Crippen LogP contribution in [0.4, 0.5) is 0 Å². The maximum absolute atomic E-state index is 14.4. The molecule has 2 amide bonds. The standard InChI is InChI=1S/C47H59N5O6/c1-5-6-7-32-8-11-34(12-9-32)35-13-15-36(16-14-35)41(53)28-38(29-50)47(56)52(4)45-37-17-19-44(58-23-21-49)40(27-37)39-26-33(10-18-43(39)57-22-20-48)25-31(3)51-46(55)30(2)24-42(45)54/h8-19,26-27,30-31,38,45H,5-7,20-25,28-29,48-50H2,1-4H3,(H,51,55)/t30-,31-,38+,45+/m1/s1. The summed E-state index contributed by atoms with van der Waals surface area (Å²) in [5.41, 5.74) is 24.4. The Kier molecular flexibility index (Phi) is 15.8. The highest BCUT2D eigenvalue weighted by Crippen LogP contribution is 2.40. The van der Waals surface area contributed by atoms with Gasteiger partial charge >= 0.3 is 0 Å². The molecule has 4 bridgehead atoms. The van der Waals surface area contributed by atoms with E-state index in [1.165, 1.54) is 10.5 Å². The predicted octanol–water partition coefficient (Wildman–Crippen LogP) is 6.04. The van der Waals surface area contributed by atoms with Crippen LogP contribution in [0.2, 0.25) is 0 Å². The molecule has 1 heterocycles. The molecule has 0 spiro atoms. The van der Waals surface area contributed by atoms with Gasteiger partial charge in [0.1, 0.15) is 30.8 Å². The SMILES string of the molecule is CCCCc1ccc(-c2ccc(C(=O)C[C@@H](CN)C(=O)N(C)[C@@H]3C(=O)C[C@@H](C)C(=O)N[C@H](C)Cc4ccc(OCCN)c(c4)-c4cc3ccc4OCCN)cc2)cc1. The van der Waals surface area contributed by atoms with Gasteiger partial charge in [-0.25, -0.2) is 0 Å². The van der Waals surface area contributed by atoms with E-state index in [2.05, 4.69) is 36.5 Å². The molecule has 58 heavy (non-hydrogen) atoms. The molecular formula is C47H59N5O6. The first-order valence-corrected chi connectivity index (χ1v) is 20.4. The minimum absolute atomic E-state index is 0.110. The van der Waals surface area contributed by atoms with Crippen molar-refractivity contribution < 1.29 is 28.7 Å². The van der Waals surface area contributed by atoms with E-state index in [0.717, 1.165) is 36.0 Å². The third kappa shape index (κ3) is 11.0. The van der Waals surface area contributed by atoms with Crippen molar-refractivity contribution >= 4 is 23.4 Å². The van der Waals surface area contributed by atoms with Crippen molar-refractivity contribution in [2.24, 2.45) is 29.0 Å². The summed E-state index contributed by atoms with van der Waals surface area (Å²) in [6.45, 7) is 6.78. The first kappa shape index (κ1) is 43.8. The van der Waals surface area contributed by atoms with E-state index in [0.29, 0.717) is 46.7 Å². The van der Waals surface area contributed by atoms with E-state index in [-0.39, 0.29) is 62.7 Å². The third-order valence-electron chi connectivity index (χ3n) is 10.7. The molecule has 0 fully saturated rings. The van der Waals surface area contributed by atoms with Gasteiger partial charge in [0.15, 0.2) is 11.6 Å². The monoisotopic (exact) mass is 789 g/mol. The lowest BCUT2D eigenvalue weighted by Gasteiger charge is -2.32. The first-order valence-electron chi connectivity index (χ1n) is 20.4. The number of ether oxygens (including phenoxy) is 2. The minimum Gasteiger partial charge on any atom is -0.492 e. The summed E-state index contributed by atoms with van der Waals surface area (Å²) in [6.07, 6.45) is 3.60. The van der Waals surface area contributed by atoms with Gasteiger partial charge in [-0.05, 0) is 78.3 Å². The molecule has 0 unspecified atom stereocenters. The number of ketones is 2. The highest BCUT2D eigenvalue weighted by molar-refractivity contribution is 6.00. The molecule has 0 saturated heterocycles. The second-order valence-electron chi connectivity index (χ2n) is 15.3. The van der Waals surface area contributed by atoms with Gasteiger partial charge in [0, 0.05) is 68.2 Å². The highest BCUT2D eigenvalue weighted by Gasteiger charge is 2.35. The van der Waals surface area contributed by atoms with Gasteiger partial charge in [0.25, 0.3) is 0 Å². The van der Waals surface area contributed by atoms with Gasteiger partial charge in [-0.1, -0.05) is 80.9 Å². The largest absolute Gasteiger partial charge is 0.492 e. The van der Waals surface area contributed by atoms with E-state index in [9.17, 15) is 19.2 Å². The molecule has 11 nitrogen and oxygen atoms in total. The number of aryl methyl sites for hydroxylation is 1. The second-order valence-corrected chi connectivity index (χ2v) is 15.3. The zero-order chi connectivity index (χ0) is 41.8. The van der Waals surface area contributed by atoms with Crippen LogP contribution >= 0.6 is 0 Å². The number of fused-ring (bicyclic) bond motifs is 5. The number of nitrogens with zero attached hydrogens (tertiary/aromatic N) is 1. The van der Waals surface area contributed by atoms with Crippen LogP contribution in [0.5, 0.6) is 11.5 Å². The summed E-state index contributed by atoms with van der Waals surface area (Å²) in [5.74, 6) is -1.80. The minimum atomic E-state index is -1.11. The zero-order valence-electron chi connectivity index (χ0n) is 34.3. The van der Waals surface area contributed by atoms with Gasteiger partial charge in [0.05, 0.1) is 5.92 Å². The van der Waals surface area contributed by atoms with Crippen LogP contribution < -0.4 is 32.0 Å². The number of hydrogen-bond donors (Lipinski definition) is 4. The average Bonchev–Trinajstić information content (AvgIpc) is 3.23. The van der Waals surface area contributed by atoms with Crippen LogP contribution in [-0.2, 0) is 27.2 Å². The zero-order valence-corrected chi connectivity index (χ0v) is 34.3. The van der Waals surface area contributed by atoms with Crippen molar-refractivity contribution in [2.75, 3.05) is 39.9 Å². The van der Waals surface area contributed by atoms with Gasteiger partial charge in [0.2, 0.25) is 11.8 Å². The van der Waals surface area contributed by atoms with E-state index in [1.54, 1.807) is 38.2 Å². The fourth-order valence-corrected chi connectivity index (χ4v) is 7.48. The third-order valence-corrected chi connectivity index (χ3v) is 10.7. The molecule has 0 radical (unpaired) electrons. The van der Waals surface area contributed by atoms with E-state index in [4.69, 9.17) is 26.7 Å². The fourth-order valence-electron chi connectivity index (χ4n) is 7.48. The number of rotatable bonds is 16. The van der Waals surface area contributed by atoms with Gasteiger partial charge in [-0.2, -0.15) is 0 Å². The van der Waals surface area contributed by atoms with E-state index < -0.39 is 23.8 Å². The van der Waals surface area contributed by atoms with Crippen molar-refractivity contribution in [3.63, 3.8) is 0 Å². The van der Waals surface area contributed by atoms with Crippen LogP contribution in [0.1, 0.15) is 79.5 Å². The van der Waals surface area contributed by atoms with E-state index >= 15 is 0 Å². The fraction of sp³-hybridized carbons (Fsp3) is 0.404.